The van der Waals surface area contributed by atoms with E-state index in [0.29, 0.717) is 23.1 Å². The highest BCUT2D eigenvalue weighted by atomic mass is 16.5. The molecule has 0 radical (unpaired) electrons. The van der Waals surface area contributed by atoms with Crippen LogP contribution in [0.1, 0.15) is 16.8 Å². The first-order valence-electron chi connectivity index (χ1n) is 9.15. The molecule has 1 aromatic carbocycles. The smallest absolute Gasteiger partial charge is 0.310 e. The molecule has 142 valence electrons. The number of methoxy groups -OCH3 is 2. The zero-order valence-corrected chi connectivity index (χ0v) is 15.3. The minimum Gasteiger partial charge on any atom is -0.497 e. The molecule has 6 heteroatoms. The summed E-state index contributed by atoms with van der Waals surface area (Å²) in [6.07, 6.45) is 5.12. The van der Waals surface area contributed by atoms with Crippen LogP contribution >= 0.6 is 0 Å². The molecule has 1 aromatic rings. The molecule has 0 saturated heterocycles. The maximum atomic E-state index is 12.8. The van der Waals surface area contributed by atoms with Gasteiger partial charge in [-0.15, -0.1) is 0 Å². The van der Waals surface area contributed by atoms with E-state index in [4.69, 9.17) is 14.2 Å². The van der Waals surface area contributed by atoms with E-state index in [-0.39, 0.29) is 30.2 Å². The zero-order chi connectivity index (χ0) is 19.1. The second-order valence-corrected chi connectivity index (χ2v) is 7.44. The summed E-state index contributed by atoms with van der Waals surface area (Å²) in [6, 6.07) is 6.62. The summed E-state index contributed by atoms with van der Waals surface area (Å²) < 4.78 is 15.4. The van der Waals surface area contributed by atoms with Crippen molar-refractivity contribution >= 4 is 17.7 Å². The first-order valence-corrected chi connectivity index (χ1v) is 9.15. The van der Waals surface area contributed by atoms with Crippen LogP contribution in [0.4, 0.5) is 0 Å². The first-order chi connectivity index (χ1) is 13.0. The number of ketones is 1. The number of fused-ring (bicyclic) bond motifs is 1. The minimum absolute atomic E-state index is 0.00677. The van der Waals surface area contributed by atoms with Crippen LogP contribution in [0.15, 0.2) is 36.4 Å². The normalized spacial score (nSPS) is 32.4. The molecule has 4 aliphatic rings. The van der Waals surface area contributed by atoms with Crippen molar-refractivity contribution in [3.05, 3.63) is 42.0 Å². The molecule has 0 heterocycles. The van der Waals surface area contributed by atoms with Crippen LogP contribution in [0.3, 0.4) is 0 Å². The monoisotopic (exact) mass is 370 g/mol. The highest BCUT2D eigenvalue weighted by molar-refractivity contribution is 5.98. The lowest BCUT2D eigenvalue weighted by atomic mass is 9.62. The second kappa shape index (κ2) is 6.83. The van der Waals surface area contributed by atoms with E-state index in [1.54, 1.807) is 31.4 Å². The number of esters is 2. The Hall–Kier alpha value is -2.63. The van der Waals surface area contributed by atoms with Crippen molar-refractivity contribution in [1.82, 2.24) is 0 Å². The van der Waals surface area contributed by atoms with Crippen LogP contribution in [0.2, 0.25) is 0 Å². The number of benzene rings is 1. The molecular weight excluding hydrogens is 348 g/mol. The molecule has 2 bridgehead atoms. The van der Waals surface area contributed by atoms with E-state index in [1.165, 1.54) is 7.11 Å². The van der Waals surface area contributed by atoms with Gasteiger partial charge in [0.1, 0.15) is 5.75 Å². The van der Waals surface area contributed by atoms with Crippen LogP contribution in [-0.4, -0.2) is 38.5 Å². The van der Waals surface area contributed by atoms with E-state index < -0.39 is 17.8 Å². The van der Waals surface area contributed by atoms with Crippen molar-refractivity contribution in [3.63, 3.8) is 0 Å². The highest BCUT2D eigenvalue weighted by Crippen LogP contribution is 2.63. The van der Waals surface area contributed by atoms with Gasteiger partial charge in [-0.05, 0) is 54.4 Å². The number of hydrogen-bond acceptors (Lipinski definition) is 6. The average molecular weight is 370 g/mol. The quantitative estimate of drug-likeness (QED) is 0.434. The van der Waals surface area contributed by atoms with Crippen LogP contribution in [-0.2, 0) is 19.1 Å². The number of carbonyl (C=O) groups excluding carboxylic acids is 3. The lowest BCUT2D eigenvalue weighted by Gasteiger charge is -2.41. The summed E-state index contributed by atoms with van der Waals surface area (Å²) in [5.74, 6) is -0.660. The van der Waals surface area contributed by atoms with Crippen molar-refractivity contribution < 1.29 is 28.6 Å². The Kier molecular flexibility index (Phi) is 4.50. The van der Waals surface area contributed by atoms with Crippen LogP contribution < -0.4 is 4.74 Å². The van der Waals surface area contributed by atoms with E-state index in [2.05, 4.69) is 0 Å². The predicted octanol–water partition coefficient (Wildman–Crippen LogP) is 2.28. The number of carbonyl (C=O) groups is 3. The standard InChI is InChI=1S/C21H22O6/c1-25-12-5-3-11(4-6-12)17(22)10-27-21(24)19-14-8-7-13(15-9-16(14)15)18(19)20(23)26-2/h3-8,13-16,18-19H,9-10H2,1-2H3/t13-,14-,15-,16-,18+,19+/m0/s1. The van der Waals surface area contributed by atoms with Crippen molar-refractivity contribution in [1.29, 1.82) is 0 Å². The third-order valence-electron chi connectivity index (χ3n) is 6.15. The van der Waals surface area contributed by atoms with Gasteiger partial charge in [0.2, 0.25) is 0 Å². The van der Waals surface area contributed by atoms with E-state index in [9.17, 15) is 14.4 Å². The molecule has 27 heavy (non-hydrogen) atoms. The predicted molar refractivity (Wildman–Crippen MR) is 95.0 cm³/mol. The van der Waals surface area contributed by atoms with Gasteiger partial charge in [-0.25, -0.2) is 0 Å². The Bertz CT molecular complexity index is 795. The third kappa shape index (κ3) is 3.03. The summed E-state index contributed by atoms with van der Waals surface area (Å²) in [7, 11) is 2.89. The van der Waals surface area contributed by atoms with Gasteiger partial charge in [-0.1, -0.05) is 12.2 Å². The fourth-order valence-corrected chi connectivity index (χ4v) is 4.75. The number of rotatable bonds is 6. The first kappa shape index (κ1) is 17.8. The third-order valence-corrected chi connectivity index (χ3v) is 6.15. The Labute approximate surface area is 157 Å². The Morgan fingerprint density at radius 2 is 1.52 bits per heavy atom. The molecule has 0 aliphatic heterocycles. The molecule has 2 saturated carbocycles. The van der Waals surface area contributed by atoms with Gasteiger partial charge in [0.15, 0.2) is 12.4 Å². The molecule has 0 N–H and O–H groups in total. The number of ether oxygens (including phenoxy) is 3. The van der Waals surface area contributed by atoms with Gasteiger partial charge >= 0.3 is 11.9 Å². The van der Waals surface area contributed by atoms with Crippen molar-refractivity contribution in [2.45, 2.75) is 6.42 Å². The van der Waals surface area contributed by atoms with Gasteiger partial charge < -0.3 is 14.2 Å². The summed E-state index contributed by atoms with van der Waals surface area (Å²) in [4.78, 5) is 37.4. The van der Waals surface area contributed by atoms with Gasteiger partial charge in [0, 0.05) is 5.56 Å². The van der Waals surface area contributed by atoms with Crippen molar-refractivity contribution in [2.75, 3.05) is 20.8 Å². The lowest BCUT2D eigenvalue weighted by Crippen LogP contribution is -2.47. The fraction of sp³-hybridized carbons (Fsp3) is 0.476. The van der Waals surface area contributed by atoms with Crippen LogP contribution in [0.5, 0.6) is 5.75 Å². The van der Waals surface area contributed by atoms with Gasteiger partial charge in [-0.3, -0.25) is 14.4 Å². The summed E-state index contributed by atoms with van der Waals surface area (Å²) in [5, 5.41) is 0. The fourth-order valence-electron chi connectivity index (χ4n) is 4.75. The molecule has 0 unspecified atom stereocenters. The van der Waals surface area contributed by atoms with Crippen molar-refractivity contribution in [2.24, 2.45) is 35.5 Å². The van der Waals surface area contributed by atoms with E-state index in [0.717, 1.165) is 6.42 Å². The molecule has 5 rings (SSSR count). The Balaban J connectivity index is 1.44. The molecule has 0 spiro atoms. The second-order valence-electron chi connectivity index (χ2n) is 7.44. The highest BCUT2D eigenvalue weighted by Gasteiger charge is 2.63. The molecule has 0 aromatic heterocycles. The summed E-state index contributed by atoms with van der Waals surface area (Å²) in [6.45, 7) is -0.343. The SMILES string of the molecule is COC(=O)[C@@H]1[C@H]2C=C[C@@H]([C@@H]3C[C@@H]23)[C@H]1C(=O)OCC(=O)c1ccc(OC)cc1. The maximum absolute atomic E-state index is 12.8. The van der Waals surface area contributed by atoms with E-state index >= 15 is 0 Å². The summed E-state index contributed by atoms with van der Waals surface area (Å²) >= 11 is 0. The maximum Gasteiger partial charge on any atom is 0.310 e. The zero-order valence-electron chi connectivity index (χ0n) is 15.3. The molecule has 6 nitrogen and oxygen atoms in total. The van der Waals surface area contributed by atoms with Gasteiger partial charge in [-0.2, -0.15) is 0 Å². The van der Waals surface area contributed by atoms with Crippen LogP contribution in [0, 0.1) is 35.5 Å². The Morgan fingerprint density at radius 3 is 2.07 bits per heavy atom. The molecule has 4 aliphatic carbocycles. The number of allylic oxidation sites excluding steroid dienone is 2. The molecule has 6 atom stereocenters. The van der Waals surface area contributed by atoms with E-state index in [1.807, 2.05) is 12.2 Å². The number of hydrogen-bond donors (Lipinski definition) is 0. The van der Waals surface area contributed by atoms with Crippen molar-refractivity contribution in [3.8, 4) is 5.75 Å². The lowest BCUT2D eigenvalue weighted by molar-refractivity contribution is -0.165. The molecular formula is C21H22O6. The largest absolute Gasteiger partial charge is 0.497 e. The van der Waals surface area contributed by atoms with Gasteiger partial charge in [0.25, 0.3) is 0 Å². The topological polar surface area (TPSA) is 78.9 Å². The molecule has 0 amide bonds. The summed E-state index contributed by atoms with van der Waals surface area (Å²) in [5.41, 5.74) is 0.445. The Morgan fingerprint density at radius 1 is 0.926 bits per heavy atom. The minimum atomic E-state index is -0.570. The van der Waals surface area contributed by atoms with Gasteiger partial charge in [0.05, 0.1) is 26.1 Å². The number of Topliss-reactive ketones (excluding diaryl/α,β-unsaturated/α-hetero) is 1. The van der Waals surface area contributed by atoms with Crippen LogP contribution in [0.25, 0.3) is 0 Å². The molecule has 2 fully saturated rings. The average Bonchev–Trinajstić information content (AvgIpc) is 3.53.